The van der Waals surface area contributed by atoms with E-state index in [9.17, 15) is 4.39 Å². The highest BCUT2D eigenvalue weighted by molar-refractivity contribution is 5.60. The lowest BCUT2D eigenvalue weighted by molar-refractivity contribution is 0.413. The first kappa shape index (κ1) is 8.81. The highest BCUT2D eigenvalue weighted by Gasteiger charge is 2.08. The van der Waals surface area contributed by atoms with E-state index in [1.54, 1.807) is 31.4 Å². The number of furan rings is 1. The van der Waals surface area contributed by atoms with Crippen molar-refractivity contribution in [2.75, 3.05) is 7.11 Å². The quantitative estimate of drug-likeness (QED) is 0.729. The number of halogens is 1. The van der Waals surface area contributed by atoms with Crippen LogP contribution in [0.4, 0.5) is 4.39 Å². The molecule has 14 heavy (non-hydrogen) atoms. The Kier molecular flexibility index (Phi) is 2.23. The lowest BCUT2D eigenvalue weighted by atomic mass is 10.1. The molecule has 1 aromatic carbocycles. The smallest absolute Gasteiger partial charge is 0.136 e. The van der Waals surface area contributed by atoms with Gasteiger partial charge in [-0.05, 0) is 30.3 Å². The van der Waals surface area contributed by atoms with Crippen LogP contribution in [0.15, 0.2) is 41.0 Å². The first-order valence-electron chi connectivity index (χ1n) is 4.18. The third-order valence-electron chi connectivity index (χ3n) is 1.96. The number of rotatable bonds is 2. The van der Waals surface area contributed by atoms with Crippen LogP contribution in [0.2, 0.25) is 0 Å². The van der Waals surface area contributed by atoms with Crippen molar-refractivity contribution < 1.29 is 13.5 Å². The second-order valence-electron chi connectivity index (χ2n) is 2.82. The van der Waals surface area contributed by atoms with Crippen molar-refractivity contribution >= 4 is 0 Å². The number of hydrogen-bond donors (Lipinski definition) is 0. The maximum Gasteiger partial charge on any atom is 0.136 e. The van der Waals surface area contributed by atoms with E-state index < -0.39 is 0 Å². The van der Waals surface area contributed by atoms with Gasteiger partial charge in [0.1, 0.15) is 17.3 Å². The molecule has 0 bridgehead atoms. The van der Waals surface area contributed by atoms with Gasteiger partial charge in [0.25, 0.3) is 0 Å². The summed E-state index contributed by atoms with van der Waals surface area (Å²) in [6.07, 6.45) is 1.51. The zero-order chi connectivity index (χ0) is 9.97. The molecule has 72 valence electrons. The number of benzene rings is 1. The fourth-order valence-electron chi connectivity index (χ4n) is 1.25. The van der Waals surface area contributed by atoms with Crippen molar-refractivity contribution in [3.05, 3.63) is 42.4 Å². The molecule has 0 aliphatic carbocycles. The molecule has 3 heteroatoms. The Balaban J connectivity index is 2.51. The maximum absolute atomic E-state index is 13.4. The Labute approximate surface area is 80.9 Å². The molecule has 0 saturated heterocycles. The Bertz CT molecular complexity index is 421. The van der Waals surface area contributed by atoms with Gasteiger partial charge in [0.2, 0.25) is 0 Å². The van der Waals surface area contributed by atoms with Gasteiger partial charge in [0.15, 0.2) is 0 Å². The van der Waals surface area contributed by atoms with Gasteiger partial charge in [0.05, 0.1) is 18.9 Å². The minimum absolute atomic E-state index is 0.319. The van der Waals surface area contributed by atoms with Crippen molar-refractivity contribution in [1.82, 2.24) is 0 Å². The normalized spacial score (nSPS) is 10.1. The van der Waals surface area contributed by atoms with E-state index in [1.165, 1.54) is 12.3 Å². The average Bonchev–Trinajstić information content (AvgIpc) is 2.71. The van der Waals surface area contributed by atoms with E-state index >= 15 is 0 Å². The van der Waals surface area contributed by atoms with Crippen LogP contribution in [-0.4, -0.2) is 7.11 Å². The van der Waals surface area contributed by atoms with Crippen LogP contribution < -0.4 is 4.74 Å². The summed E-state index contributed by atoms with van der Waals surface area (Å²) in [6, 6.07) is 7.96. The molecule has 0 amide bonds. The minimum atomic E-state index is -0.319. The van der Waals surface area contributed by atoms with Crippen LogP contribution >= 0.6 is 0 Å². The molecular weight excluding hydrogens is 183 g/mol. The van der Waals surface area contributed by atoms with Gasteiger partial charge in [-0.2, -0.15) is 0 Å². The molecule has 0 saturated carbocycles. The first-order chi connectivity index (χ1) is 6.81. The molecule has 2 aromatic rings. The zero-order valence-corrected chi connectivity index (χ0v) is 7.66. The van der Waals surface area contributed by atoms with E-state index in [0.717, 1.165) is 0 Å². The second-order valence-corrected chi connectivity index (χ2v) is 2.82. The van der Waals surface area contributed by atoms with Crippen LogP contribution in [0.3, 0.4) is 0 Å². The second kappa shape index (κ2) is 3.54. The highest BCUT2D eigenvalue weighted by atomic mass is 19.1. The van der Waals surface area contributed by atoms with Crippen molar-refractivity contribution in [1.29, 1.82) is 0 Å². The van der Waals surface area contributed by atoms with Crippen molar-refractivity contribution in [2.24, 2.45) is 0 Å². The average molecular weight is 192 g/mol. The lowest BCUT2D eigenvalue weighted by Crippen LogP contribution is -1.86. The summed E-state index contributed by atoms with van der Waals surface area (Å²) in [5.41, 5.74) is 0.411. The number of hydrogen-bond acceptors (Lipinski definition) is 2. The van der Waals surface area contributed by atoms with Crippen molar-refractivity contribution in [3.63, 3.8) is 0 Å². The van der Waals surface area contributed by atoms with Gasteiger partial charge in [0, 0.05) is 0 Å². The molecule has 0 atom stereocenters. The lowest BCUT2D eigenvalue weighted by Gasteiger charge is -2.03. The Hall–Kier alpha value is -1.77. The SMILES string of the molecule is COc1ccc(F)c(-c2ccco2)c1. The zero-order valence-electron chi connectivity index (χ0n) is 7.66. The molecule has 0 aliphatic heterocycles. The van der Waals surface area contributed by atoms with Gasteiger partial charge in [-0.3, -0.25) is 0 Å². The number of methoxy groups -OCH3 is 1. The van der Waals surface area contributed by atoms with Crippen LogP contribution in [-0.2, 0) is 0 Å². The van der Waals surface area contributed by atoms with Crippen LogP contribution in [0.1, 0.15) is 0 Å². The molecule has 1 aromatic heterocycles. The van der Waals surface area contributed by atoms with E-state index in [1.807, 2.05) is 0 Å². The predicted molar refractivity (Wildman–Crippen MR) is 50.7 cm³/mol. The summed E-state index contributed by atoms with van der Waals surface area (Å²) in [5.74, 6) is 0.792. The third-order valence-corrected chi connectivity index (χ3v) is 1.96. The molecule has 0 radical (unpaired) electrons. The molecule has 0 aliphatic rings. The summed E-state index contributed by atoms with van der Waals surface area (Å²) in [7, 11) is 1.54. The maximum atomic E-state index is 13.4. The van der Waals surface area contributed by atoms with E-state index in [-0.39, 0.29) is 5.82 Å². The van der Waals surface area contributed by atoms with Crippen LogP contribution in [0, 0.1) is 5.82 Å². The summed E-state index contributed by atoms with van der Waals surface area (Å²) in [5, 5.41) is 0. The summed E-state index contributed by atoms with van der Waals surface area (Å²) < 4.78 is 23.5. The largest absolute Gasteiger partial charge is 0.497 e. The molecule has 0 fully saturated rings. The van der Waals surface area contributed by atoms with Crippen LogP contribution in [0.5, 0.6) is 5.75 Å². The number of ether oxygens (including phenoxy) is 1. The summed E-state index contributed by atoms with van der Waals surface area (Å²) in [6.45, 7) is 0. The van der Waals surface area contributed by atoms with E-state index in [4.69, 9.17) is 9.15 Å². The predicted octanol–water partition coefficient (Wildman–Crippen LogP) is 3.09. The highest BCUT2D eigenvalue weighted by Crippen LogP contribution is 2.26. The van der Waals surface area contributed by atoms with E-state index in [2.05, 4.69) is 0 Å². The molecule has 0 N–H and O–H groups in total. The third kappa shape index (κ3) is 1.48. The summed E-state index contributed by atoms with van der Waals surface area (Å²) >= 11 is 0. The topological polar surface area (TPSA) is 22.4 Å². The molecule has 0 spiro atoms. The van der Waals surface area contributed by atoms with Gasteiger partial charge < -0.3 is 9.15 Å². The molecule has 0 unspecified atom stereocenters. The van der Waals surface area contributed by atoms with Crippen molar-refractivity contribution in [3.8, 4) is 17.1 Å². The van der Waals surface area contributed by atoms with Gasteiger partial charge in [-0.1, -0.05) is 0 Å². The van der Waals surface area contributed by atoms with Gasteiger partial charge in [-0.25, -0.2) is 4.39 Å². The fourth-order valence-corrected chi connectivity index (χ4v) is 1.25. The minimum Gasteiger partial charge on any atom is -0.497 e. The van der Waals surface area contributed by atoms with Gasteiger partial charge >= 0.3 is 0 Å². The standard InChI is InChI=1S/C11H9FO2/c1-13-8-4-5-10(12)9(7-8)11-3-2-6-14-11/h2-7H,1H3. The van der Waals surface area contributed by atoms with E-state index in [0.29, 0.717) is 17.1 Å². The van der Waals surface area contributed by atoms with Crippen LogP contribution in [0.25, 0.3) is 11.3 Å². The van der Waals surface area contributed by atoms with Gasteiger partial charge in [-0.15, -0.1) is 0 Å². The Morgan fingerprint density at radius 3 is 2.79 bits per heavy atom. The van der Waals surface area contributed by atoms with Crippen molar-refractivity contribution in [2.45, 2.75) is 0 Å². The first-order valence-corrected chi connectivity index (χ1v) is 4.18. The Morgan fingerprint density at radius 1 is 1.29 bits per heavy atom. The summed E-state index contributed by atoms with van der Waals surface area (Å²) in [4.78, 5) is 0. The molecule has 2 rings (SSSR count). The Morgan fingerprint density at radius 2 is 2.14 bits per heavy atom. The fraction of sp³-hybridized carbons (Fsp3) is 0.0909. The molecular formula is C11H9FO2. The molecule has 1 heterocycles. The molecule has 2 nitrogen and oxygen atoms in total. The monoisotopic (exact) mass is 192 g/mol.